The van der Waals surface area contributed by atoms with Crippen molar-refractivity contribution in [3.63, 3.8) is 0 Å². The Kier molecular flexibility index (Phi) is 53.2. The van der Waals surface area contributed by atoms with E-state index in [1.165, 1.54) is 212 Å². The zero-order chi connectivity index (χ0) is 74.1. The molecule has 0 aliphatic carbocycles. The summed E-state index contributed by atoms with van der Waals surface area (Å²) in [6.07, 6.45) is 50.9. The smallest absolute Gasteiger partial charge is 0.347 e. The van der Waals surface area contributed by atoms with Crippen molar-refractivity contribution < 1.29 is 32.3 Å². The molecule has 1 aromatic rings. The molecule has 12 heteroatoms. The second kappa shape index (κ2) is 55.1. The van der Waals surface area contributed by atoms with Crippen molar-refractivity contribution in [3.8, 4) is 0 Å². The highest BCUT2D eigenvalue weighted by atomic mass is 28.4. The van der Waals surface area contributed by atoms with E-state index in [4.69, 9.17) is 22.8 Å². The highest BCUT2D eigenvalue weighted by Gasteiger charge is 2.42. The van der Waals surface area contributed by atoms with Gasteiger partial charge in [-0.2, -0.15) is 0 Å². The van der Waals surface area contributed by atoms with Gasteiger partial charge in [0, 0.05) is 26.2 Å². The Morgan fingerprint density at radius 2 is 0.657 bits per heavy atom. The van der Waals surface area contributed by atoms with Crippen molar-refractivity contribution in [2.75, 3.05) is 39.3 Å². The number of benzene rings is 1. The number of ether oxygens (including phenoxy) is 2. The van der Waals surface area contributed by atoms with Gasteiger partial charge in [0.2, 0.25) is 0 Å². The Bertz CT molecular complexity index is 2020. The summed E-state index contributed by atoms with van der Waals surface area (Å²) in [7, 11) is -6.24. The molecule has 0 aliphatic rings. The van der Waals surface area contributed by atoms with Gasteiger partial charge in [-0.15, -0.1) is 0 Å². The molecule has 0 aromatic heterocycles. The maximum atomic E-state index is 14.4. The third kappa shape index (κ3) is 47.0. The van der Waals surface area contributed by atoms with Crippen LogP contribution in [0.1, 0.15) is 379 Å². The summed E-state index contributed by atoms with van der Waals surface area (Å²) >= 11 is 0. The molecule has 0 amide bonds. The molecule has 0 radical (unpaired) electrons. The summed E-state index contributed by atoms with van der Waals surface area (Å²) in [4.78, 5) is 34.2. The number of nitrogens with zero attached hydrogens (tertiary/aromatic N) is 2. The molecule has 99 heavy (non-hydrogen) atoms. The van der Waals surface area contributed by atoms with Crippen LogP contribution in [0.25, 0.3) is 0 Å². The Labute approximate surface area is 621 Å². The maximum absolute atomic E-state index is 14.4. The fraction of sp³-hybridized carbons (Fsp3) is 0.908. The van der Waals surface area contributed by atoms with Crippen molar-refractivity contribution in [2.45, 2.75) is 459 Å². The number of rotatable bonds is 65. The van der Waals surface area contributed by atoms with Gasteiger partial charge in [0.25, 0.3) is 0 Å². The molecule has 584 valence electrons. The van der Waals surface area contributed by atoms with Crippen LogP contribution in [0, 0.1) is 11.8 Å². The lowest BCUT2D eigenvalue weighted by molar-refractivity contribution is -0.171. The Hall–Kier alpha value is -1.39. The molecule has 2 unspecified atom stereocenters. The van der Waals surface area contributed by atoms with Gasteiger partial charge in [0.15, 0.2) is 31.1 Å². The van der Waals surface area contributed by atoms with E-state index in [0.717, 1.165) is 96.2 Å². The maximum Gasteiger partial charge on any atom is 0.347 e. The van der Waals surface area contributed by atoms with Gasteiger partial charge in [-0.1, -0.05) is 346 Å². The summed E-state index contributed by atoms with van der Waals surface area (Å²) in [5, 5.41) is 0.346. The van der Waals surface area contributed by atoms with E-state index in [1.807, 2.05) is 37.3 Å². The lowest BCUT2D eigenvalue weighted by Crippen LogP contribution is -2.50. The standard InChI is InChI=1S/C87H172N2O7Si3/c1-22-26-30-34-38-42-46-51-61-76(5)71-88(72-79(94-97(16,17)85(7,8)9)65-54-47-43-39-35-31-27-23-2)69-59-57-62-77(6)83(90)93-82(84(91)92-75-78-63-52-50-53-64-78)68-58-60-70-89(73-80(95-98(18,19)86(10,11)12)66-55-48-44-40-36-32-28-24-3)74-81(96-99(20,21)87(13,14)15)67-56-49-45-41-37-33-29-25-4/h50,52-53,63-64,76-77,79-82H,22-49,51,54-62,65-75H2,1-21H3/t76-,77?,79-,80-,81-,82?/m1/s1. The van der Waals surface area contributed by atoms with E-state index in [0.29, 0.717) is 12.3 Å². The van der Waals surface area contributed by atoms with Crippen molar-refractivity contribution >= 4 is 36.9 Å². The molecule has 0 aliphatic heterocycles. The van der Waals surface area contributed by atoms with Crippen LogP contribution in [0.5, 0.6) is 0 Å². The summed E-state index contributed by atoms with van der Waals surface area (Å²) in [5.74, 6) is -0.465. The SMILES string of the molecule is CCCCCCCCCC[C@@H](C)CN(CCCCC(C)C(=O)OC(CCCCN(C[C@@H](CCCCCCCCCC)O[Si](C)(C)C(C)(C)C)C[C@@H](CCCCCCCCCC)O[Si](C)(C)C(C)(C)C)C(=O)OCc1ccccc1)C[C@@H](CCCCCCCCCC)O[Si](C)(C)C(C)(C)C. The minimum Gasteiger partial charge on any atom is -0.458 e. The molecular formula is C87H172N2O7Si3. The first-order valence-electron chi connectivity index (χ1n) is 42.7. The van der Waals surface area contributed by atoms with Crippen LogP contribution in [0.4, 0.5) is 0 Å². The number of carbonyl (C=O) groups is 2. The second-order valence-corrected chi connectivity index (χ2v) is 50.4. The minimum absolute atomic E-state index is 0.0986. The number of esters is 2. The first-order chi connectivity index (χ1) is 46.8. The molecule has 0 spiro atoms. The lowest BCUT2D eigenvalue weighted by Gasteiger charge is -2.42. The van der Waals surface area contributed by atoms with E-state index in [1.54, 1.807) is 0 Å². The lowest BCUT2D eigenvalue weighted by atomic mass is 10.00. The predicted octanol–water partition coefficient (Wildman–Crippen LogP) is 27.2. The van der Waals surface area contributed by atoms with E-state index in [9.17, 15) is 9.59 Å². The van der Waals surface area contributed by atoms with Gasteiger partial charge >= 0.3 is 11.9 Å². The molecular weight excluding hydrogens is 1270 g/mol. The van der Waals surface area contributed by atoms with E-state index in [2.05, 4.69) is 146 Å². The highest BCUT2D eigenvalue weighted by Crippen LogP contribution is 2.41. The molecule has 0 saturated heterocycles. The van der Waals surface area contributed by atoms with Crippen LogP contribution >= 0.6 is 0 Å². The summed E-state index contributed by atoms with van der Waals surface area (Å²) in [5.41, 5.74) is 0.922. The third-order valence-corrected chi connectivity index (χ3v) is 36.8. The summed E-state index contributed by atoms with van der Waals surface area (Å²) < 4.78 is 34.8. The Morgan fingerprint density at radius 1 is 0.364 bits per heavy atom. The zero-order valence-electron chi connectivity index (χ0n) is 70.3. The monoisotopic (exact) mass is 1440 g/mol. The van der Waals surface area contributed by atoms with E-state index < -0.39 is 37.0 Å². The summed E-state index contributed by atoms with van der Waals surface area (Å²) in [6, 6.07) is 9.89. The van der Waals surface area contributed by atoms with Gasteiger partial charge in [-0.25, -0.2) is 4.79 Å². The molecule has 0 heterocycles. The van der Waals surface area contributed by atoms with Gasteiger partial charge in [-0.05, 0) is 137 Å². The number of carbonyl (C=O) groups excluding carboxylic acids is 2. The van der Waals surface area contributed by atoms with Crippen molar-refractivity contribution in [3.05, 3.63) is 35.9 Å². The van der Waals surface area contributed by atoms with Gasteiger partial charge < -0.3 is 27.7 Å². The van der Waals surface area contributed by atoms with Crippen LogP contribution in [0.15, 0.2) is 30.3 Å². The molecule has 9 nitrogen and oxygen atoms in total. The number of hydrogen-bond donors (Lipinski definition) is 0. The molecule has 6 atom stereocenters. The molecule has 0 N–H and O–H groups in total. The van der Waals surface area contributed by atoms with Crippen LogP contribution < -0.4 is 0 Å². The second-order valence-electron chi connectivity index (χ2n) is 36.1. The van der Waals surface area contributed by atoms with Crippen LogP contribution in [-0.4, -0.2) is 110 Å². The normalized spacial score (nSPS) is 14.8. The van der Waals surface area contributed by atoms with Crippen molar-refractivity contribution in [2.24, 2.45) is 11.8 Å². The van der Waals surface area contributed by atoms with Crippen molar-refractivity contribution in [1.82, 2.24) is 9.80 Å². The number of unbranched alkanes of at least 4 members (excludes halogenated alkanes) is 30. The molecule has 0 saturated carbocycles. The third-order valence-electron chi connectivity index (χ3n) is 23.1. The molecule has 0 fully saturated rings. The summed E-state index contributed by atoms with van der Waals surface area (Å²) in [6.45, 7) is 55.5. The van der Waals surface area contributed by atoms with Crippen LogP contribution in [0.3, 0.4) is 0 Å². The number of hydrogen-bond acceptors (Lipinski definition) is 9. The topological polar surface area (TPSA) is 86.8 Å². The van der Waals surface area contributed by atoms with E-state index in [-0.39, 0.29) is 51.9 Å². The largest absolute Gasteiger partial charge is 0.458 e. The van der Waals surface area contributed by atoms with Crippen LogP contribution in [0.2, 0.25) is 54.4 Å². The molecule has 1 rings (SSSR count). The van der Waals surface area contributed by atoms with E-state index >= 15 is 0 Å². The first kappa shape index (κ1) is 95.6. The zero-order valence-corrected chi connectivity index (χ0v) is 73.3. The average molecular weight is 1440 g/mol. The fourth-order valence-corrected chi connectivity index (χ4v) is 17.4. The quantitative estimate of drug-likeness (QED) is 0.0360. The predicted molar refractivity (Wildman–Crippen MR) is 440 cm³/mol. The Morgan fingerprint density at radius 3 is 0.990 bits per heavy atom. The van der Waals surface area contributed by atoms with Gasteiger partial charge in [0.05, 0.1) is 24.2 Å². The fourth-order valence-electron chi connectivity index (χ4n) is 13.3. The average Bonchev–Trinajstić information content (AvgIpc) is 0.841. The first-order valence-corrected chi connectivity index (χ1v) is 51.4. The van der Waals surface area contributed by atoms with Crippen LogP contribution in [-0.2, 0) is 38.9 Å². The molecule has 1 aromatic carbocycles. The van der Waals surface area contributed by atoms with Gasteiger partial charge in [-0.3, -0.25) is 9.69 Å². The van der Waals surface area contributed by atoms with Gasteiger partial charge in [0.1, 0.15) is 6.61 Å². The molecule has 0 bridgehead atoms. The minimum atomic E-state index is -2.11. The highest BCUT2D eigenvalue weighted by molar-refractivity contribution is 6.75. The Balaban J connectivity index is 3.56. The van der Waals surface area contributed by atoms with Crippen molar-refractivity contribution in [1.29, 1.82) is 0 Å².